The standard InChI is InChI=1S/C17H19ClN2O3S2/c18-15-7-5-13(6-8-15)11-19-17(21)14-3-1-9-20(12-14)25(22,23)16-4-2-10-24-16/h2,4-8,10,14H,1,3,9,11-12H2,(H,19,21)/t14-/m1/s1. The number of nitrogens with zero attached hydrogens (tertiary/aromatic N) is 1. The molecule has 1 aromatic carbocycles. The molecule has 3 rings (SSSR count). The van der Waals surface area contributed by atoms with Crippen molar-refractivity contribution in [1.29, 1.82) is 0 Å². The van der Waals surface area contributed by atoms with Gasteiger partial charge in [0.05, 0.1) is 5.92 Å². The van der Waals surface area contributed by atoms with E-state index in [9.17, 15) is 13.2 Å². The lowest BCUT2D eigenvalue weighted by atomic mass is 9.99. The van der Waals surface area contributed by atoms with Gasteiger partial charge in [0, 0.05) is 24.7 Å². The Labute approximate surface area is 156 Å². The Bertz CT molecular complexity index is 820. The van der Waals surface area contributed by atoms with Gasteiger partial charge in [-0.1, -0.05) is 29.8 Å². The molecular weight excluding hydrogens is 380 g/mol. The van der Waals surface area contributed by atoms with Crippen LogP contribution in [0.4, 0.5) is 0 Å². The predicted molar refractivity (Wildman–Crippen MR) is 99.1 cm³/mol. The maximum absolute atomic E-state index is 12.6. The smallest absolute Gasteiger partial charge is 0.252 e. The number of thiophene rings is 1. The minimum atomic E-state index is -3.50. The number of rotatable bonds is 5. The molecule has 2 heterocycles. The van der Waals surface area contributed by atoms with Gasteiger partial charge in [-0.25, -0.2) is 8.42 Å². The second-order valence-electron chi connectivity index (χ2n) is 5.98. The number of hydrogen-bond donors (Lipinski definition) is 1. The van der Waals surface area contributed by atoms with Crippen molar-refractivity contribution in [2.45, 2.75) is 23.6 Å². The molecule has 1 aliphatic heterocycles. The zero-order valence-corrected chi connectivity index (χ0v) is 15.9. The van der Waals surface area contributed by atoms with E-state index in [4.69, 9.17) is 11.6 Å². The minimum absolute atomic E-state index is 0.110. The first-order valence-electron chi connectivity index (χ1n) is 8.02. The van der Waals surface area contributed by atoms with Gasteiger partial charge in [0.15, 0.2) is 0 Å². The Kier molecular flexibility index (Phi) is 5.78. The fraction of sp³-hybridized carbons (Fsp3) is 0.353. The van der Waals surface area contributed by atoms with Gasteiger partial charge in [-0.05, 0) is 42.0 Å². The molecule has 134 valence electrons. The summed E-state index contributed by atoms with van der Waals surface area (Å²) in [6.45, 7) is 1.10. The molecule has 1 atom stereocenters. The largest absolute Gasteiger partial charge is 0.352 e. The predicted octanol–water partition coefficient (Wildman–Crippen LogP) is 3.12. The summed E-state index contributed by atoms with van der Waals surface area (Å²) in [6, 6.07) is 10.6. The molecule has 1 aromatic heterocycles. The van der Waals surface area contributed by atoms with E-state index in [1.54, 1.807) is 29.6 Å². The highest BCUT2D eigenvalue weighted by molar-refractivity contribution is 7.91. The molecule has 0 bridgehead atoms. The summed E-state index contributed by atoms with van der Waals surface area (Å²) in [5.41, 5.74) is 0.955. The second-order valence-corrected chi connectivity index (χ2v) is 9.53. The first-order chi connectivity index (χ1) is 12.0. The highest BCUT2D eigenvalue weighted by Crippen LogP contribution is 2.26. The highest BCUT2D eigenvalue weighted by Gasteiger charge is 2.33. The van der Waals surface area contributed by atoms with Crippen LogP contribution in [0.25, 0.3) is 0 Å². The molecular formula is C17H19ClN2O3S2. The SMILES string of the molecule is O=C(NCc1ccc(Cl)cc1)[C@@H]1CCCN(S(=O)(=O)c2cccs2)C1. The molecule has 8 heteroatoms. The zero-order valence-electron chi connectivity index (χ0n) is 13.5. The van der Waals surface area contributed by atoms with Crippen molar-refractivity contribution in [3.05, 3.63) is 52.4 Å². The normalized spacial score (nSPS) is 18.8. The number of halogens is 1. The van der Waals surface area contributed by atoms with Crippen LogP contribution in [0.15, 0.2) is 46.0 Å². The van der Waals surface area contributed by atoms with Gasteiger partial charge in [-0.3, -0.25) is 4.79 Å². The van der Waals surface area contributed by atoms with Gasteiger partial charge in [0.25, 0.3) is 10.0 Å². The lowest BCUT2D eigenvalue weighted by Crippen LogP contribution is -2.45. The first kappa shape index (κ1) is 18.4. The molecule has 0 spiro atoms. The number of benzene rings is 1. The van der Waals surface area contributed by atoms with Crippen molar-refractivity contribution in [3.8, 4) is 0 Å². The number of sulfonamides is 1. The molecule has 25 heavy (non-hydrogen) atoms. The fourth-order valence-electron chi connectivity index (χ4n) is 2.85. The number of hydrogen-bond acceptors (Lipinski definition) is 4. The average molecular weight is 399 g/mol. The quantitative estimate of drug-likeness (QED) is 0.841. The summed E-state index contributed by atoms with van der Waals surface area (Å²) in [6.07, 6.45) is 1.38. The van der Waals surface area contributed by atoms with Crippen LogP contribution in [0.5, 0.6) is 0 Å². The summed E-state index contributed by atoms with van der Waals surface area (Å²) < 4.78 is 27.0. The molecule has 1 fully saturated rings. The maximum Gasteiger partial charge on any atom is 0.252 e. The van der Waals surface area contributed by atoms with E-state index in [1.165, 1.54) is 15.6 Å². The Hall–Kier alpha value is -1.41. The second kappa shape index (κ2) is 7.86. The van der Waals surface area contributed by atoms with Gasteiger partial charge < -0.3 is 5.32 Å². The third kappa shape index (κ3) is 4.41. The third-order valence-electron chi connectivity index (χ3n) is 4.22. The van der Waals surface area contributed by atoms with E-state index in [1.807, 2.05) is 12.1 Å². The lowest BCUT2D eigenvalue weighted by molar-refractivity contribution is -0.126. The van der Waals surface area contributed by atoms with Crippen molar-refractivity contribution < 1.29 is 13.2 Å². The van der Waals surface area contributed by atoms with Crippen LogP contribution >= 0.6 is 22.9 Å². The summed E-state index contributed by atoms with van der Waals surface area (Å²) in [5, 5.41) is 5.29. The first-order valence-corrected chi connectivity index (χ1v) is 10.7. The van der Waals surface area contributed by atoms with Gasteiger partial charge in [-0.2, -0.15) is 4.31 Å². The van der Waals surface area contributed by atoms with E-state index in [0.29, 0.717) is 35.2 Å². The zero-order chi connectivity index (χ0) is 17.9. The summed E-state index contributed by atoms with van der Waals surface area (Å²) in [4.78, 5) is 12.4. The Morgan fingerprint density at radius 3 is 2.72 bits per heavy atom. The van der Waals surface area contributed by atoms with E-state index in [0.717, 1.165) is 5.56 Å². The van der Waals surface area contributed by atoms with Crippen LogP contribution in [-0.2, 0) is 21.4 Å². The van der Waals surface area contributed by atoms with Gasteiger partial charge in [0.2, 0.25) is 5.91 Å². The number of carbonyl (C=O) groups is 1. The molecule has 1 saturated heterocycles. The van der Waals surface area contributed by atoms with Crippen molar-refractivity contribution in [1.82, 2.24) is 9.62 Å². The number of nitrogens with one attached hydrogen (secondary N) is 1. The Morgan fingerprint density at radius 2 is 2.04 bits per heavy atom. The number of amides is 1. The number of piperidine rings is 1. The summed E-state index contributed by atoms with van der Waals surface area (Å²) in [5.74, 6) is -0.434. The van der Waals surface area contributed by atoms with Crippen molar-refractivity contribution in [3.63, 3.8) is 0 Å². The molecule has 5 nitrogen and oxygen atoms in total. The molecule has 1 N–H and O–H groups in total. The molecule has 1 aliphatic rings. The molecule has 0 saturated carbocycles. The third-order valence-corrected chi connectivity index (χ3v) is 7.71. The van der Waals surface area contributed by atoms with Crippen LogP contribution < -0.4 is 5.32 Å². The van der Waals surface area contributed by atoms with Crippen LogP contribution in [0.1, 0.15) is 18.4 Å². The Balaban J connectivity index is 1.61. The molecule has 0 aliphatic carbocycles. The molecule has 0 radical (unpaired) electrons. The van der Waals surface area contributed by atoms with Crippen LogP contribution in [0.2, 0.25) is 5.02 Å². The van der Waals surface area contributed by atoms with E-state index >= 15 is 0 Å². The van der Waals surface area contributed by atoms with E-state index in [-0.39, 0.29) is 18.4 Å². The highest BCUT2D eigenvalue weighted by atomic mass is 35.5. The van der Waals surface area contributed by atoms with Crippen molar-refractivity contribution in [2.24, 2.45) is 5.92 Å². The molecule has 2 aromatic rings. The monoisotopic (exact) mass is 398 g/mol. The van der Waals surface area contributed by atoms with E-state index in [2.05, 4.69) is 5.32 Å². The molecule has 1 amide bonds. The minimum Gasteiger partial charge on any atom is -0.352 e. The Morgan fingerprint density at radius 1 is 1.28 bits per heavy atom. The summed E-state index contributed by atoms with van der Waals surface area (Å²) >= 11 is 7.05. The van der Waals surface area contributed by atoms with Gasteiger partial charge in [-0.15, -0.1) is 11.3 Å². The van der Waals surface area contributed by atoms with Crippen LogP contribution in [0.3, 0.4) is 0 Å². The maximum atomic E-state index is 12.6. The fourth-order valence-corrected chi connectivity index (χ4v) is 5.64. The van der Waals surface area contributed by atoms with Crippen molar-refractivity contribution in [2.75, 3.05) is 13.1 Å². The summed E-state index contributed by atoms with van der Waals surface area (Å²) in [7, 11) is -3.50. The van der Waals surface area contributed by atoms with Gasteiger partial charge in [0.1, 0.15) is 4.21 Å². The van der Waals surface area contributed by atoms with Crippen LogP contribution in [0, 0.1) is 5.92 Å². The lowest BCUT2D eigenvalue weighted by Gasteiger charge is -2.30. The van der Waals surface area contributed by atoms with E-state index < -0.39 is 10.0 Å². The molecule has 0 unspecified atom stereocenters. The van der Waals surface area contributed by atoms with Gasteiger partial charge >= 0.3 is 0 Å². The average Bonchev–Trinajstić information content (AvgIpc) is 3.16. The topological polar surface area (TPSA) is 66.5 Å². The van der Waals surface area contributed by atoms with Crippen molar-refractivity contribution >= 4 is 38.9 Å². The van der Waals surface area contributed by atoms with Crippen LogP contribution in [-0.4, -0.2) is 31.7 Å². The number of carbonyl (C=O) groups excluding carboxylic acids is 1.